The molecule has 27 atom stereocenters. The van der Waals surface area contributed by atoms with Gasteiger partial charge in [0.1, 0.15) is 104 Å². The molecule has 4 aromatic heterocycles. The third kappa shape index (κ3) is 31.9. The maximum Gasteiger partial charge on any atom is 0.406 e. The number of hydrogen-bond acceptors (Lipinski definition) is 38. The number of pyridine rings is 4. The molecule has 3 unspecified atom stereocenters. The lowest BCUT2D eigenvalue weighted by molar-refractivity contribution is -0.390. The number of aromatic nitrogens is 4. The molecule has 4 aromatic rings. The lowest BCUT2D eigenvalue weighted by Crippen LogP contribution is -2.53. The van der Waals surface area contributed by atoms with E-state index in [9.17, 15) is 49.4 Å². The summed E-state index contributed by atoms with van der Waals surface area (Å²) >= 11 is 0. The summed E-state index contributed by atoms with van der Waals surface area (Å²) in [6, 6.07) is 12.8. The molecule has 4 saturated heterocycles. The molecule has 43 heteroatoms. The maximum atomic E-state index is 13.9. The highest BCUT2D eigenvalue weighted by molar-refractivity contribution is 5.39. The Balaban J connectivity index is 0.000000416. The van der Waals surface area contributed by atoms with Crippen molar-refractivity contribution < 1.29 is 149 Å². The molecular weight excluding hydrogens is 1660 g/mol. The summed E-state index contributed by atoms with van der Waals surface area (Å²) < 4.78 is 148. The predicted molar refractivity (Wildman–Crippen MR) is 446 cm³/mol. The summed E-state index contributed by atoms with van der Waals surface area (Å²) in [5.41, 5.74) is 0. The summed E-state index contributed by atoms with van der Waals surface area (Å²) in [6.45, 7) is 22.6. The molecule has 0 bridgehead atoms. The van der Waals surface area contributed by atoms with E-state index in [1.165, 1.54) is 43.0 Å². The average Bonchev–Trinajstić information content (AvgIpc) is 1.56. The molecule has 4 aliphatic carbocycles. The van der Waals surface area contributed by atoms with Crippen molar-refractivity contribution in [1.82, 2.24) is 40.0 Å². The molecule has 8 fully saturated rings. The summed E-state index contributed by atoms with van der Waals surface area (Å²) in [5.74, 6) is 0.489. The smallest absolute Gasteiger partial charge is 0.406 e. The van der Waals surface area contributed by atoms with E-state index in [1.54, 1.807) is 84.8 Å². The van der Waals surface area contributed by atoms with Gasteiger partial charge in [-0.15, -0.1) is 0 Å². The van der Waals surface area contributed by atoms with Gasteiger partial charge in [0, 0.05) is 74.6 Å². The van der Waals surface area contributed by atoms with Gasteiger partial charge in [0.15, 0.2) is 11.5 Å². The number of nitro groups is 2. The highest BCUT2D eigenvalue weighted by Gasteiger charge is 2.66. The minimum Gasteiger partial charge on any atom is -0.486 e. The molecule has 125 heavy (non-hydrogen) atoms. The SMILES string of the molecule is C.C.C.CCOc1cccnc1[N+](=O)[O-].COCCOCO[C@@H]1[C@@H](OCOCCOC)[C@H](C)[C@@H](C)[C@H]2[C@@H]1N2COc1cccnc1F.COCCOCO[C@@H]1[C@@H](OCOCCOC)[C@H](C)[C@@H](C)[C@H]2[C@@H]1N2COc1cccnc1[N+](=O)[O-].COCCOCO[C@H]1[C@H](C)[C@@H](C)[C@@H]2N[C@@H]2[C@@H]1OCOCCOC.F.O[C@H]1[C@H](O)[C@@H](O)[C@H]2[C@@H]([C@@H]1O)N2COc1cccnc1F.[HH]. The van der Waals surface area contributed by atoms with Crippen LogP contribution >= 0.6 is 0 Å². The number of fused-ring (bicyclic) bond motifs is 4. The molecule has 4 saturated carbocycles. The average molecular weight is 1800 g/mol. The van der Waals surface area contributed by atoms with Gasteiger partial charge in [0.05, 0.1) is 147 Å². The normalized spacial score (nSPS) is 30.6. The van der Waals surface area contributed by atoms with Gasteiger partial charge in [-0.2, -0.15) is 8.78 Å². The molecule has 40 nitrogen and oxygen atoms in total. The fraction of sp³-hybridized carbons (Fsp3) is 0.756. The van der Waals surface area contributed by atoms with Crippen LogP contribution < -0.4 is 24.3 Å². The molecular formula is C82H139F3N10O30. The zero-order chi connectivity index (χ0) is 87.5. The number of nitrogens with zero attached hydrogens (tertiary/aromatic N) is 9. The van der Waals surface area contributed by atoms with Gasteiger partial charge in [-0.3, -0.25) is 19.4 Å². The maximum absolute atomic E-state index is 13.9. The highest BCUT2D eigenvalue weighted by Crippen LogP contribution is 2.51. The number of ether oxygens (including phenoxy) is 22. The molecule has 0 amide bonds. The van der Waals surface area contributed by atoms with Crippen LogP contribution in [0, 0.1) is 67.6 Å². The largest absolute Gasteiger partial charge is 0.486 e. The first kappa shape index (κ1) is 111. The quantitative estimate of drug-likeness (QED) is 0.00849. The van der Waals surface area contributed by atoms with Crippen molar-refractivity contribution in [3.63, 3.8) is 0 Å². The van der Waals surface area contributed by atoms with Crippen LogP contribution in [0.25, 0.3) is 0 Å². The molecule has 0 spiro atoms. The Morgan fingerprint density at radius 3 is 0.976 bits per heavy atom. The van der Waals surface area contributed by atoms with Gasteiger partial charge in [-0.05, 0) is 111 Å². The van der Waals surface area contributed by atoms with Crippen LogP contribution in [0.15, 0.2) is 73.3 Å². The van der Waals surface area contributed by atoms with Crippen molar-refractivity contribution in [3.8, 4) is 23.0 Å². The number of rotatable bonds is 49. The molecule has 5 N–H and O–H groups in total. The monoisotopic (exact) mass is 1800 g/mol. The Hall–Kier alpha value is -6.65. The minimum atomic E-state index is -1.41. The number of halogens is 3. The Kier molecular flexibility index (Phi) is 51.4. The van der Waals surface area contributed by atoms with Gasteiger partial charge in [-0.25, -0.2) is 9.97 Å². The number of aliphatic hydroxyl groups excluding tert-OH is 4. The predicted octanol–water partition coefficient (Wildman–Crippen LogP) is 5.97. The van der Waals surface area contributed by atoms with Crippen molar-refractivity contribution in [2.45, 2.75) is 180 Å². The van der Waals surface area contributed by atoms with E-state index in [0.29, 0.717) is 116 Å². The van der Waals surface area contributed by atoms with Crippen LogP contribution in [0.3, 0.4) is 0 Å². The van der Waals surface area contributed by atoms with Crippen molar-refractivity contribution in [1.29, 1.82) is 0 Å². The summed E-state index contributed by atoms with van der Waals surface area (Å²) in [4.78, 5) is 40.8. The molecule has 8 aliphatic rings. The number of methoxy groups -OCH3 is 6. The fourth-order valence-corrected chi connectivity index (χ4v) is 15.5. The Labute approximate surface area is 731 Å². The van der Waals surface area contributed by atoms with Crippen LogP contribution in [-0.2, 0) is 85.3 Å². The Morgan fingerprint density at radius 2 is 0.656 bits per heavy atom. The molecule has 8 heterocycles. The summed E-state index contributed by atoms with van der Waals surface area (Å²) in [6.07, 6.45) is -0.695. The molecule has 718 valence electrons. The number of hydrogen-bond donors (Lipinski definition) is 5. The van der Waals surface area contributed by atoms with Crippen molar-refractivity contribution in [3.05, 3.63) is 105 Å². The third-order valence-electron chi connectivity index (χ3n) is 22.5. The summed E-state index contributed by atoms with van der Waals surface area (Å²) in [7, 11) is 9.79. The second-order valence-electron chi connectivity index (χ2n) is 29.7. The van der Waals surface area contributed by atoms with Gasteiger partial charge in [0.2, 0.25) is 11.5 Å². The molecule has 0 aromatic carbocycles. The lowest BCUT2D eigenvalue weighted by atomic mass is 9.78. The Morgan fingerprint density at radius 1 is 0.376 bits per heavy atom. The van der Waals surface area contributed by atoms with Crippen LogP contribution in [0.4, 0.5) is 25.1 Å². The zero-order valence-electron chi connectivity index (χ0n) is 71.4. The van der Waals surface area contributed by atoms with E-state index in [1.807, 2.05) is 0 Å². The fourth-order valence-electron chi connectivity index (χ4n) is 15.5. The third-order valence-corrected chi connectivity index (χ3v) is 22.5. The standard InChI is InChI=1S/C22H35FN2O7.C22H35N3O9.C16H31NO6.C12H15FN2O5.C7H8N2O3.3CH4.FH.H2/c1-15-16(2)20(31-13-28-10-8-26-3)21(32-14-29-11-9-27-4)19-18(15)25(19)12-30-17-6-5-7-24-22(17)23;1-15-16(2)20(33-13-30-10-8-28-3)21(34-14-31-11-9-29-4)19-18(15)24(19)12-32-17-6-5-7-23-22(17)25(26)27;1-11-12(2)15(22-9-20-7-5-18-3)16(14-13(11)17-14)23-10-21-8-6-19-4;13-12-5(2-1-3-14-12)20-4-15-6-7(15)9(17)11(19)10(18)8(6)16;1-2-12-6-4-3-5-8-7(6)9(10)11;;;;;/h5-7,15-16,18-21H,8-14H2,1-4H3;5-7,15-16,18-21H,8-14H2,1-4H3;11-17H,5-10H2,1-4H3;1-3,6-11,16-19H,4H2;3-5H,2H2,1H3;3*1H4;2*1H/t15-,16-,18+,19+,20+,21+,25?;15-,16-,18+,19+,20+,21+,24?;11-,12-,13+,14+,15+,16+;6-,7+,8-,9-,10+,11+,15?;;;;;;/m1110....../s1. The van der Waals surface area contributed by atoms with E-state index in [0.717, 1.165) is 0 Å². The second kappa shape index (κ2) is 58.1. The van der Waals surface area contributed by atoms with Gasteiger partial charge in [0.25, 0.3) is 11.9 Å². The topological polar surface area (TPSA) is 453 Å². The molecule has 12 rings (SSSR count). The Bertz CT molecular complexity index is 3600. The zero-order valence-corrected chi connectivity index (χ0v) is 71.4. The number of aliphatic hydroxyl groups is 4. The van der Waals surface area contributed by atoms with E-state index in [-0.39, 0.29) is 203 Å². The van der Waals surface area contributed by atoms with Crippen LogP contribution in [0.2, 0.25) is 0 Å². The van der Waals surface area contributed by atoms with E-state index in [2.05, 4.69) is 76.6 Å². The highest BCUT2D eigenvalue weighted by atomic mass is 19.1. The number of likely N-dealkylation sites (tertiary alicyclic amines) is 3. The van der Waals surface area contributed by atoms with Crippen molar-refractivity contribution in [2.24, 2.45) is 35.5 Å². The van der Waals surface area contributed by atoms with Crippen molar-refractivity contribution >= 4 is 11.6 Å². The van der Waals surface area contributed by atoms with Gasteiger partial charge >= 0.3 is 11.6 Å². The first-order valence-electron chi connectivity index (χ1n) is 40.3. The number of nitrogens with one attached hydrogen (secondary N) is 1. The van der Waals surface area contributed by atoms with Gasteiger partial charge < -0.3 is 150 Å². The lowest BCUT2D eigenvalue weighted by Gasteiger charge is -2.38. The van der Waals surface area contributed by atoms with E-state index < -0.39 is 58.2 Å². The minimum absolute atomic E-state index is 0. The van der Waals surface area contributed by atoms with Crippen LogP contribution in [0.5, 0.6) is 23.0 Å². The first-order valence-corrected chi connectivity index (χ1v) is 40.3. The van der Waals surface area contributed by atoms with Gasteiger partial charge in [-0.1, -0.05) is 63.8 Å². The molecule has 4 aliphatic heterocycles. The first-order chi connectivity index (χ1) is 58.6. The summed E-state index contributed by atoms with van der Waals surface area (Å²) in [5, 5.41) is 63.8. The second-order valence-corrected chi connectivity index (χ2v) is 29.7. The van der Waals surface area contributed by atoms with Crippen LogP contribution in [0.1, 0.15) is 72.2 Å². The van der Waals surface area contributed by atoms with Crippen molar-refractivity contribution in [2.75, 3.05) is 189 Å². The van der Waals surface area contributed by atoms with E-state index in [4.69, 9.17) is 104 Å². The van der Waals surface area contributed by atoms with E-state index >= 15 is 0 Å². The molecule has 0 radical (unpaired) electrons. The van der Waals surface area contributed by atoms with Crippen LogP contribution in [-0.4, -0.2) is 364 Å².